The summed E-state index contributed by atoms with van der Waals surface area (Å²) in [5, 5.41) is 6.90. The number of benzene rings is 2. The molecule has 7 rings (SSSR count). The van der Waals surface area contributed by atoms with Gasteiger partial charge in [-0.2, -0.15) is 0 Å². The Labute approximate surface area is 304 Å². The van der Waals surface area contributed by atoms with E-state index in [0.717, 1.165) is 71.4 Å². The first-order chi connectivity index (χ1) is 25.4. The van der Waals surface area contributed by atoms with E-state index in [-0.39, 0.29) is 23.9 Å². The first-order valence-electron chi connectivity index (χ1n) is 18.0. The Hall–Kier alpha value is -5.74. The molecule has 1 aliphatic heterocycles. The van der Waals surface area contributed by atoms with Gasteiger partial charge in [-0.25, -0.2) is 9.97 Å². The SMILES string of the molecule is Cc1cc(-c2ncnc3[nH]c(C(=O)NCCCN4C(c5ncccc5C)CCCC4c4ncccc4C)cc23)ccc1CNC(=O)c1ccccc1. The smallest absolute Gasteiger partial charge is 0.267 e. The molecule has 10 nitrogen and oxygen atoms in total. The van der Waals surface area contributed by atoms with Gasteiger partial charge in [-0.15, -0.1) is 0 Å². The van der Waals surface area contributed by atoms with Crippen molar-refractivity contribution in [2.45, 2.75) is 65.1 Å². The molecule has 3 N–H and O–H groups in total. The highest BCUT2D eigenvalue weighted by Crippen LogP contribution is 2.42. The zero-order valence-electron chi connectivity index (χ0n) is 29.9. The molecule has 5 heterocycles. The molecule has 0 bridgehead atoms. The van der Waals surface area contributed by atoms with E-state index < -0.39 is 0 Å². The molecule has 2 aromatic carbocycles. The van der Waals surface area contributed by atoms with Gasteiger partial charge in [-0.3, -0.25) is 24.5 Å². The minimum atomic E-state index is -0.183. The van der Waals surface area contributed by atoms with Crippen molar-refractivity contribution in [2.75, 3.05) is 13.1 Å². The summed E-state index contributed by atoms with van der Waals surface area (Å²) in [4.78, 5) is 50.4. The van der Waals surface area contributed by atoms with Gasteiger partial charge in [0.05, 0.1) is 29.2 Å². The first-order valence-corrected chi connectivity index (χ1v) is 18.0. The van der Waals surface area contributed by atoms with Gasteiger partial charge >= 0.3 is 0 Å². The quantitative estimate of drug-likeness (QED) is 0.121. The lowest BCUT2D eigenvalue weighted by Crippen LogP contribution is -2.39. The van der Waals surface area contributed by atoms with Crippen LogP contribution in [-0.4, -0.2) is 54.7 Å². The largest absolute Gasteiger partial charge is 0.351 e. The predicted octanol–water partition coefficient (Wildman–Crippen LogP) is 7.36. The summed E-state index contributed by atoms with van der Waals surface area (Å²) in [5.41, 5.74) is 10.00. The van der Waals surface area contributed by atoms with Gasteiger partial charge in [0.2, 0.25) is 0 Å². The Bertz CT molecular complexity index is 2140. The fraction of sp³-hybridized carbons (Fsp3) is 0.286. The molecule has 1 saturated heterocycles. The van der Waals surface area contributed by atoms with Crippen LogP contribution in [0.3, 0.4) is 0 Å². The topological polar surface area (TPSA) is 129 Å². The number of H-pyrrole nitrogens is 1. The Morgan fingerprint density at radius 2 is 1.48 bits per heavy atom. The number of likely N-dealkylation sites (tertiary alicyclic amines) is 1. The van der Waals surface area contributed by atoms with Crippen molar-refractivity contribution in [1.29, 1.82) is 0 Å². The second-order valence-electron chi connectivity index (χ2n) is 13.6. The predicted molar refractivity (Wildman–Crippen MR) is 203 cm³/mol. The summed E-state index contributed by atoms with van der Waals surface area (Å²) in [5.74, 6) is -0.295. The molecule has 0 aliphatic carbocycles. The highest BCUT2D eigenvalue weighted by molar-refractivity contribution is 6.00. The zero-order valence-corrected chi connectivity index (χ0v) is 29.9. The maximum Gasteiger partial charge on any atom is 0.267 e. The zero-order chi connectivity index (χ0) is 36.0. The molecular weight excluding hydrogens is 649 g/mol. The number of aromatic nitrogens is 5. The lowest BCUT2D eigenvalue weighted by Gasteiger charge is -2.42. The third-order valence-corrected chi connectivity index (χ3v) is 10.1. The monoisotopic (exact) mass is 692 g/mol. The lowest BCUT2D eigenvalue weighted by molar-refractivity contribution is 0.0740. The molecule has 0 radical (unpaired) electrons. The van der Waals surface area contributed by atoms with Crippen LogP contribution >= 0.6 is 0 Å². The van der Waals surface area contributed by atoms with Crippen molar-refractivity contribution in [3.63, 3.8) is 0 Å². The van der Waals surface area contributed by atoms with E-state index in [9.17, 15) is 9.59 Å². The summed E-state index contributed by atoms with van der Waals surface area (Å²) in [7, 11) is 0. The van der Waals surface area contributed by atoms with Crippen molar-refractivity contribution < 1.29 is 9.59 Å². The molecule has 264 valence electrons. The van der Waals surface area contributed by atoms with E-state index in [2.05, 4.69) is 62.5 Å². The molecule has 1 fully saturated rings. The molecule has 6 aromatic rings. The van der Waals surface area contributed by atoms with Crippen molar-refractivity contribution >= 4 is 22.8 Å². The van der Waals surface area contributed by atoms with E-state index in [4.69, 9.17) is 9.97 Å². The average Bonchev–Trinajstić information content (AvgIpc) is 3.62. The number of amides is 2. The van der Waals surface area contributed by atoms with Gasteiger partial charge in [-0.1, -0.05) is 42.5 Å². The normalized spacial score (nSPS) is 16.1. The molecule has 2 unspecified atom stereocenters. The number of fused-ring (bicyclic) bond motifs is 1. The number of aryl methyl sites for hydroxylation is 3. The lowest BCUT2D eigenvalue weighted by atomic mass is 9.88. The molecule has 0 saturated carbocycles. The number of hydrogen-bond acceptors (Lipinski definition) is 7. The number of nitrogens with zero attached hydrogens (tertiary/aromatic N) is 5. The fourth-order valence-corrected chi connectivity index (χ4v) is 7.41. The second kappa shape index (κ2) is 15.7. The van der Waals surface area contributed by atoms with Crippen LogP contribution in [0.2, 0.25) is 0 Å². The van der Waals surface area contributed by atoms with E-state index in [0.29, 0.717) is 30.0 Å². The van der Waals surface area contributed by atoms with Crippen LogP contribution < -0.4 is 10.6 Å². The maximum absolute atomic E-state index is 13.4. The molecule has 2 atom stereocenters. The van der Waals surface area contributed by atoms with Gasteiger partial charge in [0.1, 0.15) is 17.7 Å². The standard InChI is InChI=1S/C42H44N8O2/c1-27-11-8-19-43-37(27)35-15-7-16-36(38-28(2)12-9-20-44-38)50(35)22-10-21-45-42(52)34-24-33-39(47-26-48-40(33)49-34)31-17-18-32(29(3)23-31)25-46-41(51)30-13-5-4-6-14-30/h4-6,8-9,11-14,17-20,23-24,26,35-36H,7,10,15-16,21-22,25H2,1-3H3,(H,45,52)(H,46,51)(H,47,48,49). The van der Waals surface area contributed by atoms with E-state index in [1.54, 1.807) is 12.1 Å². The van der Waals surface area contributed by atoms with Crippen molar-refractivity contribution in [3.8, 4) is 11.3 Å². The van der Waals surface area contributed by atoms with Crippen molar-refractivity contribution in [3.05, 3.63) is 142 Å². The van der Waals surface area contributed by atoms with Gasteiger partial charge in [-0.05, 0) is 105 Å². The molecule has 10 heteroatoms. The van der Waals surface area contributed by atoms with Crippen LogP contribution in [-0.2, 0) is 6.54 Å². The summed E-state index contributed by atoms with van der Waals surface area (Å²) in [6, 6.07) is 25.7. The van der Waals surface area contributed by atoms with E-state index in [1.165, 1.54) is 17.5 Å². The Morgan fingerprint density at radius 1 is 0.769 bits per heavy atom. The maximum atomic E-state index is 13.4. The minimum Gasteiger partial charge on any atom is -0.351 e. The van der Waals surface area contributed by atoms with Gasteiger partial charge in [0, 0.05) is 48.5 Å². The summed E-state index contributed by atoms with van der Waals surface area (Å²) >= 11 is 0. The van der Waals surface area contributed by atoms with Gasteiger partial charge < -0.3 is 15.6 Å². The third kappa shape index (κ3) is 7.48. The summed E-state index contributed by atoms with van der Waals surface area (Å²) in [6.07, 6.45) is 9.25. The van der Waals surface area contributed by atoms with Crippen LogP contribution in [0.25, 0.3) is 22.3 Å². The number of carbonyl (C=O) groups is 2. The van der Waals surface area contributed by atoms with E-state index >= 15 is 0 Å². The van der Waals surface area contributed by atoms with Crippen LogP contribution in [0.4, 0.5) is 0 Å². The number of carbonyl (C=O) groups excluding carboxylic acids is 2. The molecule has 52 heavy (non-hydrogen) atoms. The molecule has 4 aromatic heterocycles. The Balaban J connectivity index is 1.02. The fourth-order valence-electron chi connectivity index (χ4n) is 7.41. The Kier molecular flexibility index (Phi) is 10.4. The number of rotatable bonds is 11. The van der Waals surface area contributed by atoms with Crippen molar-refractivity contribution in [2.24, 2.45) is 0 Å². The number of piperidine rings is 1. The van der Waals surface area contributed by atoms with E-state index in [1.807, 2.05) is 67.8 Å². The second-order valence-corrected chi connectivity index (χ2v) is 13.6. The Morgan fingerprint density at radius 3 is 2.15 bits per heavy atom. The minimum absolute atomic E-state index is 0.112. The molecule has 2 amide bonds. The first kappa shape index (κ1) is 34.7. The average molecular weight is 693 g/mol. The number of aromatic amines is 1. The number of nitrogens with one attached hydrogen (secondary N) is 3. The van der Waals surface area contributed by atoms with Gasteiger partial charge in [0.25, 0.3) is 11.8 Å². The van der Waals surface area contributed by atoms with Crippen molar-refractivity contribution in [1.82, 2.24) is 40.5 Å². The third-order valence-electron chi connectivity index (χ3n) is 10.1. The van der Waals surface area contributed by atoms with Gasteiger partial charge in [0.15, 0.2) is 0 Å². The molecule has 1 aliphatic rings. The highest BCUT2D eigenvalue weighted by Gasteiger charge is 2.35. The molecular formula is C42H44N8O2. The number of hydrogen-bond donors (Lipinski definition) is 3. The highest BCUT2D eigenvalue weighted by atomic mass is 16.2. The summed E-state index contributed by atoms with van der Waals surface area (Å²) in [6.45, 7) is 8.03. The number of pyridine rings is 2. The van der Waals surface area contributed by atoms with Crippen LogP contribution in [0.5, 0.6) is 0 Å². The summed E-state index contributed by atoms with van der Waals surface area (Å²) < 4.78 is 0. The van der Waals surface area contributed by atoms with Crippen LogP contribution in [0.1, 0.15) is 92.3 Å². The van der Waals surface area contributed by atoms with Crippen LogP contribution in [0, 0.1) is 20.8 Å². The van der Waals surface area contributed by atoms with Crippen LogP contribution in [0.15, 0.2) is 97.6 Å². The molecule has 0 spiro atoms.